The Labute approximate surface area is 89.8 Å². The second kappa shape index (κ2) is 3.77. The highest BCUT2D eigenvalue weighted by Crippen LogP contribution is 2.31. The van der Waals surface area contributed by atoms with Crippen LogP contribution in [0, 0.1) is 13.8 Å². The molecular weight excluding hydrogens is 190 g/mol. The quantitative estimate of drug-likeness (QED) is 0.787. The van der Waals surface area contributed by atoms with E-state index in [1.54, 1.807) is 6.20 Å². The van der Waals surface area contributed by atoms with Crippen LogP contribution in [0.1, 0.15) is 30.7 Å². The van der Waals surface area contributed by atoms with E-state index >= 15 is 0 Å². The van der Waals surface area contributed by atoms with Gasteiger partial charge in [-0.15, -0.1) is 0 Å². The molecule has 4 heteroatoms. The van der Waals surface area contributed by atoms with E-state index in [4.69, 9.17) is 0 Å². The fraction of sp³-hybridized carbons (Fsp3) is 0.636. The molecule has 0 spiro atoms. The molecular formula is C11H17N3O. The van der Waals surface area contributed by atoms with Gasteiger partial charge in [-0.2, -0.15) is 0 Å². The zero-order valence-corrected chi connectivity index (χ0v) is 9.25. The molecule has 1 heterocycles. The van der Waals surface area contributed by atoms with Gasteiger partial charge in [-0.1, -0.05) is 0 Å². The monoisotopic (exact) mass is 207 g/mol. The van der Waals surface area contributed by atoms with Crippen molar-refractivity contribution >= 4 is 5.82 Å². The molecule has 4 nitrogen and oxygen atoms in total. The molecule has 0 saturated heterocycles. The third-order valence-corrected chi connectivity index (χ3v) is 3.08. The van der Waals surface area contributed by atoms with Crippen LogP contribution in [-0.4, -0.2) is 27.2 Å². The molecule has 0 bridgehead atoms. The van der Waals surface area contributed by atoms with Crippen LogP contribution in [0.4, 0.5) is 5.82 Å². The molecule has 1 aliphatic rings. The van der Waals surface area contributed by atoms with Gasteiger partial charge < -0.3 is 10.4 Å². The van der Waals surface area contributed by atoms with E-state index in [9.17, 15) is 5.11 Å². The fourth-order valence-electron chi connectivity index (χ4n) is 1.64. The first-order valence-electron chi connectivity index (χ1n) is 5.36. The molecule has 2 rings (SSSR count). The average molecular weight is 207 g/mol. The van der Waals surface area contributed by atoms with Gasteiger partial charge in [0, 0.05) is 6.54 Å². The van der Waals surface area contributed by atoms with Crippen molar-refractivity contribution in [1.82, 2.24) is 9.97 Å². The van der Waals surface area contributed by atoms with Gasteiger partial charge in [0.2, 0.25) is 0 Å². The number of hydrogen-bond acceptors (Lipinski definition) is 4. The molecule has 0 amide bonds. The number of aryl methyl sites for hydroxylation is 2. The first-order chi connectivity index (χ1) is 7.09. The number of nitrogens with zero attached hydrogens (tertiary/aromatic N) is 2. The van der Waals surface area contributed by atoms with Crippen LogP contribution >= 0.6 is 0 Å². The Balaban J connectivity index is 1.96. The van der Waals surface area contributed by atoms with Gasteiger partial charge in [0.25, 0.3) is 0 Å². The Kier molecular flexibility index (Phi) is 2.61. The van der Waals surface area contributed by atoms with Crippen molar-refractivity contribution in [3.63, 3.8) is 0 Å². The van der Waals surface area contributed by atoms with E-state index in [0.717, 1.165) is 36.5 Å². The van der Waals surface area contributed by atoms with Crippen LogP contribution in [0.3, 0.4) is 0 Å². The van der Waals surface area contributed by atoms with E-state index in [-0.39, 0.29) is 0 Å². The van der Waals surface area contributed by atoms with Crippen LogP contribution in [-0.2, 0) is 0 Å². The molecule has 0 atom stereocenters. The molecule has 1 saturated carbocycles. The second-order valence-corrected chi connectivity index (χ2v) is 4.36. The van der Waals surface area contributed by atoms with Crippen molar-refractivity contribution in [1.29, 1.82) is 0 Å². The van der Waals surface area contributed by atoms with E-state index in [1.165, 1.54) is 0 Å². The van der Waals surface area contributed by atoms with E-state index in [2.05, 4.69) is 15.3 Å². The highest BCUT2D eigenvalue weighted by atomic mass is 16.3. The Morgan fingerprint density at radius 2 is 2.13 bits per heavy atom. The SMILES string of the molecule is Cc1ncc(NCC2(O)CCC2)nc1C. The molecule has 1 fully saturated rings. The van der Waals surface area contributed by atoms with Gasteiger partial charge >= 0.3 is 0 Å². The molecule has 0 aromatic carbocycles. The predicted molar refractivity (Wildman–Crippen MR) is 58.8 cm³/mol. The summed E-state index contributed by atoms with van der Waals surface area (Å²) in [6, 6.07) is 0. The summed E-state index contributed by atoms with van der Waals surface area (Å²) in [5.41, 5.74) is 1.36. The Morgan fingerprint density at radius 1 is 1.40 bits per heavy atom. The Morgan fingerprint density at radius 3 is 2.67 bits per heavy atom. The maximum Gasteiger partial charge on any atom is 0.144 e. The lowest BCUT2D eigenvalue weighted by atomic mass is 9.80. The summed E-state index contributed by atoms with van der Waals surface area (Å²) in [6.45, 7) is 4.45. The summed E-state index contributed by atoms with van der Waals surface area (Å²) in [5, 5.41) is 13.0. The lowest BCUT2D eigenvalue weighted by Gasteiger charge is -2.36. The summed E-state index contributed by atoms with van der Waals surface area (Å²) >= 11 is 0. The number of nitrogens with one attached hydrogen (secondary N) is 1. The molecule has 0 unspecified atom stereocenters. The van der Waals surface area contributed by atoms with Crippen molar-refractivity contribution in [3.05, 3.63) is 17.6 Å². The third kappa shape index (κ3) is 2.26. The second-order valence-electron chi connectivity index (χ2n) is 4.36. The first-order valence-corrected chi connectivity index (χ1v) is 5.36. The van der Waals surface area contributed by atoms with Crippen LogP contribution in [0.25, 0.3) is 0 Å². The normalized spacial score (nSPS) is 18.3. The number of rotatable bonds is 3. The summed E-state index contributed by atoms with van der Waals surface area (Å²) in [6.07, 6.45) is 4.61. The Bertz CT molecular complexity index is 361. The topological polar surface area (TPSA) is 58.0 Å². The molecule has 1 aliphatic carbocycles. The smallest absolute Gasteiger partial charge is 0.144 e. The number of aliphatic hydroxyl groups is 1. The van der Waals surface area contributed by atoms with Crippen LogP contribution in [0.5, 0.6) is 0 Å². The minimum Gasteiger partial charge on any atom is -0.388 e. The van der Waals surface area contributed by atoms with Crippen LogP contribution in [0.15, 0.2) is 6.20 Å². The van der Waals surface area contributed by atoms with Crippen molar-refractivity contribution in [2.24, 2.45) is 0 Å². The molecule has 1 aromatic rings. The molecule has 15 heavy (non-hydrogen) atoms. The summed E-state index contributed by atoms with van der Waals surface area (Å²) in [7, 11) is 0. The van der Waals surface area contributed by atoms with Crippen molar-refractivity contribution in [3.8, 4) is 0 Å². The standard InChI is InChI=1S/C11H17N3O/c1-8-9(2)14-10(6-12-8)13-7-11(15)4-3-5-11/h6,15H,3-5,7H2,1-2H3,(H,13,14). The van der Waals surface area contributed by atoms with Crippen LogP contribution < -0.4 is 5.32 Å². The lowest BCUT2D eigenvalue weighted by Crippen LogP contribution is -2.43. The fourth-order valence-corrected chi connectivity index (χ4v) is 1.64. The molecule has 2 N–H and O–H groups in total. The highest BCUT2D eigenvalue weighted by molar-refractivity contribution is 5.34. The maximum absolute atomic E-state index is 9.88. The zero-order valence-electron chi connectivity index (χ0n) is 9.25. The van der Waals surface area contributed by atoms with Crippen molar-refractivity contribution in [2.45, 2.75) is 38.7 Å². The largest absolute Gasteiger partial charge is 0.388 e. The summed E-state index contributed by atoms with van der Waals surface area (Å²) < 4.78 is 0. The highest BCUT2D eigenvalue weighted by Gasteiger charge is 2.33. The predicted octanol–water partition coefficient (Wildman–Crippen LogP) is 1.42. The van der Waals surface area contributed by atoms with E-state index < -0.39 is 5.60 Å². The van der Waals surface area contributed by atoms with Gasteiger partial charge in [-0.05, 0) is 33.1 Å². The molecule has 1 aromatic heterocycles. The molecule has 0 radical (unpaired) electrons. The minimum atomic E-state index is -0.513. The lowest BCUT2D eigenvalue weighted by molar-refractivity contribution is -0.0202. The first kappa shape index (κ1) is 10.4. The molecule has 0 aliphatic heterocycles. The van der Waals surface area contributed by atoms with Gasteiger partial charge in [-0.3, -0.25) is 4.98 Å². The Hall–Kier alpha value is -1.16. The summed E-state index contributed by atoms with van der Waals surface area (Å²) in [4.78, 5) is 8.57. The van der Waals surface area contributed by atoms with Gasteiger partial charge in [0.1, 0.15) is 5.82 Å². The number of hydrogen-bond donors (Lipinski definition) is 2. The third-order valence-electron chi connectivity index (χ3n) is 3.08. The number of anilines is 1. The maximum atomic E-state index is 9.88. The van der Waals surface area contributed by atoms with E-state index in [1.807, 2.05) is 13.8 Å². The average Bonchev–Trinajstić information content (AvgIpc) is 2.17. The minimum absolute atomic E-state index is 0.513. The molecule has 82 valence electrons. The van der Waals surface area contributed by atoms with Gasteiger partial charge in [0.05, 0.1) is 23.2 Å². The zero-order chi connectivity index (χ0) is 10.9. The van der Waals surface area contributed by atoms with Crippen molar-refractivity contribution < 1.29 is 5.11 Å². The van der Waals surface area contributed by atoms with Gasteiger partial charge in [-0.25, -0.2) is 4.98 Å². The van der Waals surface area contributed by atoms with E-state index in [0.29, 0.717) is 6.54 Å². The number of aromatic nitrogens is 2. The van der Waals surface area contributed by atoms with Crippen LogP contribution in [0.2, 0.25) is 0 Å². The summed E-state index contributed by atoms with van der Waals surface area (Å²) in [5.74, 6) is 0.749. The van der Waals surface area contributed by atoms with Gasteiger partial charge in [0.15, 0.2) is 0 Å². The van der Waals surface area contributed by atoms with Crippen molar-refractivity contribution in [2.75, 3.05) is 11.9 Å².